The summed E-state index contributed by atoms with van der Waals surface area (Å²) < 4.78 is 19.9. The third-order valence-corrected chi connectivity index (χ3v) is 4.70. The molecule has 1 aromatic heterocycles. The maximum Gasteiger partial charge on any atom is 0.275 e. The third kappa shape index (κ3) is 4.37. The smallest absolute Gasteiger partial charge is 0.275 e. The minimum absolute atomic E-state index is 0.0169. The molecule has 1 amide bonds. The van der Waals surface area contributed by atoms with Crippen LogP contribution in [0.1, 0.15) is 29.4 Å². The van der Waals surface area contributed by atoms with Gasteiger partial charge in [0.15, 0.2) is 0 Å². The van der Waals surface area contributed by atoms with Crippen LogP contribution in [0.3, 0.4) is 0 Å². The number of benzene rings is 1. The van der Waals surface area contributed by atoms with Crippen LogP contribution in [0.5, 0.6) is 0 Å². The molecule has 9 heteroatoms. The number of ether oxygens (including phenoxy) is 1. The van der Waals surface area contributed by atoms with Crippen LogP contribution in [0.15, 0.2) is 35.5 Å². The lowest BCUT2D eigenvalue weighted by molar-refractivity contribution is 0.102. The van der Waals surface area contributed by atoms with Crippen LogP contribution in [0, 0.1) is 5.82 Å². The zero-order valence-corrected chi connectivity index (χ0v) is 15.9. The molecule has 3 N–H and O–H groups in total. The molecule has 0 fully saturated rings. The van der Waals surface area contributed by atoms with E-state index in [1.165, 1.54) is 30.5 Å². The van der Waals surface area contributed by atoms with Gasteiger partial charge in [-0.1, -0.05) is 23.2 Å². The van der Waals surface area contributed by atoms with Crippen LogP contribution in [-0.4, -0.2) is 29.9 Å². The summed E-state index contributed by atoms with van der Waals surface area (Å²) in [6.07, 6.45) is 1.77. The minimum atomic E-state index is -0.901. The van der Waals surface area contributed by atoms with Crippen LogP contribution in [0.25, 0.3) is 0 Å². The number of amides is 1. The van der Waals surface area contributed by atoms with Crippen molar-refractivity contribution in [1.82, 2.24) is 4.98 Å². The fourth-order valence-electron chi connectivity index (χ4n) is 2.84. The summed E-state index contributed by atoms with van der Waals surface area (Å²) in [7, 11) is 0. The molecule has 6 nitrogen and oxygen atoms in total. The predicted molar refractivity (Wildman–Crippen MR) is 103 cm³/mol. The zero-order valence-electron chi connectivity index (χ0n) is 14.4. The maximum atomic E-state index is 14.5. The number of nitrogens with two attached hydrogens (primary N) is 1. The molecular formula is C18H17Cl2FN4O2. The molecule has 142 valence electrons. The van der Waals surface area contributed by atoms with E-state index in [1.54, 1.807) is 6.92 Å². The number of aliphatic imine (C=N–C) groups is 1. The van der Waals surface area contributed by atoms with Crippen molar-refractivity contribution in [3.8, 4) is 0 Å². The standard InChI is InChI=1S/C18H17Cl2FN4O2/c1-18(4-5-27-9-15(22)25-18)12-7-11(2-3-14(12)21)24-17(26)16-13(20)6-10(19)8-23-16/h2-3,6-8H,4-5,9H2,1H3,(H2,22,25)(H,24,26)/t18-/m0/s1. The minimum Gasteiger partial charge on any atom is -0.386 e. The summed E-state index contributed by atoms with van der Waals surface area (Å²) in [5.41, 5.74) is 5.62. The lowest BCUT2D eigenvalue weighted by atomic mass is 9.88. The Hall–Kier alpha value is -2.22. The van der Waals surface area contributed by atoms with Gasteiger partial charge >= 0.3 is 0 Å². The monoisotopic (exact) mass is 410 g/mol. The van der Waals surface area contributed by atoms with E-state index in [0.717, 1.165) is 0 Å². The van der Waals surface area contributed by atoms with Gasteiger partial charge in [-0.05, 0) is 37.6 Å². The van der Waals surface area contributed by atoms with Crippen molar-refractivity contribution in [2.45, 2.75) is 18.9 Å². The second kappa shape index (κ2) is 7.80. The summed E-state index contributed by atoms with van der Waals surface area (Å²) in [5, 5.41) is 3.10. The first-order valence-corrected chi connectivity index (χ1v) is 8.88. The van der Waals surface area contributed by atoms with Crippen LogP contribution >= 0.6 is 23.2 Å². The largest absolute Gasteiger partial charge is 0.386 e. The van der Waals surface area contributed by atoms with E-state index in [4.69, 9.17) is 33.7 Å². The summed E-state index contributed by atoms with van der Waals surface area (Å²) in [4.78, 5) is 20.8. The fraction of sp³-hybridized carbons (Fsp3) is 0.278. The molecule has 0 bridgehead atoms. The molecule has 0 radical (unpaired) electrons. The molecule has 1 aromatic carbocycles. The highest BCUT2D eigenvalue weighted by atomic mass is 35.5. The Kier molecular flexibility index (Phi) is 5.64. The molecule has 2 aromatic rings. The number of hydrogen-bond donors (Lipinski definition) is 2. The van der Waals surface area contributed by atoms with Gasteiger partial charge in [-0.15, -0.1) is 0 Å². The van der Waals surface area contributed by atoms with Crippen molar-refractivity contribution in [2.75, 3.05) is 18.5 Å². The summed E-state index contributed by atoms with van der Waals surface area (Å²) in [6.45, 7) is 2.37. The van der Waals surface area contributed by atoms with Crippen LogP contribution in [0.2, 0.25) is 10.0 Å². The fourth-order valence-corrected chi connectivity index (χ4v) is 3.30. The highest BCUT2D eigenvalue weighted by molar-refractivity contribution is 6.36. The average Bonchev–Trinajstić information content (AvgIpc) is 2.77. The second-order valence-corrected chi connectivity index (χ2v) is 7.16. The van der Waals surface area contributed by atoms with Gasteiger partial charge in [-0.25, -0.2) is 9.37 Å². The molecule has 0 saturated carbocycles. The van der Waals surface area contributed by atoms with Gasteiger partial charge in [0, 0.05) is 24.1 Å². The summed E-state index contributed by atoms with van der Waals surface area (Å²) in [5.74, 6) is -0.691. The third-order valence-electron chi connectivity index (χ3n) is 4.20. The van der Waals surface area contributed by atoms with Crippen LogP contribution < -0.4 is 11.1 Å². The number of nitrogens with zero attached hydrogens (tertiary/aromatic N) is 2. The molecule has 0 aliphatic carbocycles. The molecule has 27 heavy (non-hydrogen) atoms. The number of rotatable bonds is 3. The van der Waals surface area contributed by atoms with E-state index in [1.807, 2.05) is 0 Å². The molecule has 1 aliphatic heterocycles. The second-order valence-electron chi connectivity index (χ2n) is 6.31. The van der Waals surface area contributed by atoms with E-state index in [0.29, 0.717) is 35.1 Å². The molecule has 3 rings (SSSR count). The van der Waals surface area contributed by atoms with Crippen LogP contribution in [0.4, 0.5) is 10.1 Å². The van der Waals surface area contributed by atoms with Crippen molar-refractivity contribution in [2.24, 2.45) is 10.7 Å². The van der Waals surface area contributed by atoms with E-state index in [9.17, 15) is 9.18 Å². The molecule has 0 unspecified atom stereocenters. The van der Waals surface area contributed by atoms with Crippen molar-refractivity contribution in [3.05, 3.63) is 57.6 Å². The maximum absolute atomic E-state index is 14.5. The van der Waals surface area contributed by atoms with Gasteiger partial charge in [0.2, 0.25) is 0 Å². The van der Waals surface area contributed by atoms with E-state index < -0.39 is 17.3 Å². The van der Waals surface area contributed by atoms with Crippen molar-refractivity contribution < 1.29 is 13.9 Å². The molecule has 0 spiro atoms. The first-order chi connectivity index (χ1) is 12.8. The number of amidine groups is 1. The summed E-state index contributed by atoms with van der Waals surface area (Å²) >= 11 is 11.8. The number of anilines is 1. The Bertz CT molecular complexity index is 922. The normalized spacial score (nSPS) is 19.9. The number of hydrogen-bond acceptors (Lipinski definition) is 5. The Morgan fingerprint density at radius 1 is 1.37 bits per heavy atom. The van der Waals surface area contributed by atoms with Crippen molar-refractivity contribution in [3.63, 3.8) is 0 Å². The number of carbonyl (C=O) groups excluding carboxylic acids is 1. The Balaban J connectivity index is 1.91. The van der Waals surface area contributed by atoms with E-state index in [-0.39, 0.29) is 17.3 Å². The SMILES string of the molecule is C[C@@]1(c2cc(NC(=O)c3ncc(Cl)cc3Cl)ccc2F)CCOCC(N)=N1. The van der Waals surface area contributed by atoms with Gasteiger partial charge in [0.25, 0.3) is 5.91 Å². The quantitative estimate of drug-likeness (QED) is 0.805. The summed E-state index contributed by atoms with van der Waals surface area (Å²) in [6, 6.07) is 5.67. The van der Waals surface area contributed by atoms with Crippen molar-refractivity contribution in [1.29, 1.82) is 0 Å². The molecule has 0 saturated heterocycles. The van der Waals surface area contributed by atoms with Gasteiger partial charge in [-0.2, -0.15) is 0 Å². The van der Waals surface area contributed by atoms with Gasteiger partial charge in [0.1, 0.15) is 24.0 Å². The first kappa shape index (κ1) is 19.5. The van der Waals surface area contributed by atoms with Crippen molar-refractivity contribution >= 4 is 40.6 Å². The highest BCUT2D eigenvalue weighted by Gasteiger charge is 2.31. The lowest BCUT2D eigenvalue weighted by Crippen LogP contribution is -2.26. The molecule has 2 heterocycles. The number of carbonyl (C=O) groups is 1. The number of halogens is 3. The topological polar surface area (TPSA) is 89.6 Å². The van der Waals surface area contributed by atoms with E-state index in [2.05, 4.69) is 15.3 Å². The van der Waals surface area contributed by atoms with Gasteiger partial charge in [0.05, 0.1) is 15.6 Å². The van der Waals surface area contributed by atoms with Gasteiger partial charge < -0.3 is 15.8 Å². The predicted octanol–water partition coefficient (Wildman–Crippen LogP) is 3.77. The number of aromatic nitrogens is 1. The lowest BCUT2D eigenvalue weighted by Gasteiger charge is -2.25. The Morgan fingerprint density at radius 3 is 2.89 bits per heavy atom. The first-order valence-electron chi connectivity index (χ1n) is 8.13. The molecule has 1 atom stereocenters. The molecule has 1 aliphatic rings. The number of nitrogens with one attached hydrogen (secondary N) is 1. The van der Waals surface area contributed by atoms with Gasteiger partial charge in [-0.3, -0.25) is 9.79 Å². The average molecular weight is 411 g/mol. The molecular weight excluding hydrogens is 394 g/mol. The van der Waals surface area contributed by atoms with Crippen LogP contribution in [-0.2, 0) is 10.3 Å². The highest BCUT2D eigenvalue weighted by Crippen LogP contribution is 2.34. The Morgan fingerprint density at radius 2 is 2.15 bits per heavy atom. The zero-order chi connectivity index (χ0) is 19.6. The van der Waals surface area contributed by atoms with E-state index >= 15 is 0 Å². The Labute approximate surface area is 165 Å². The number of pyridine rings is 1.